The third-order valence-corrected chi connectivity index (χ3v) is 10.9. The number of non-ortho nitro benzene ring substituents is 1. The van der Waals surface area contributed by atoms with Crippen LogP contribution in [0.2, 0.25) is 0 Å². The zero-order chi connectivity index (χ0) is 35.2. The Morgan fingerprint density at radius 3 is 2.48 bits per heavy atom. The van der Waals surface area contributed by atoms with Gasteiger partial charge in [-0.25, -0.2) is 18.7 Å². The lowest BCUT2D eigenvalue weighted by Gasteiger charge is -2.40. The molecule has 2 saturated heterocycles. The summed E-state index contributed by atoms with van der Waals surface area (Å²) in [5.41, 5.74) is 6.03. The molecule has 2 fully saturated rings. The molecule has 1 amide bonds. The Morgan fingerprint density at radius 1 is 1.12 bits per heavy atom. The number of nitriles is 1. The van der Waals surface area contributed by atoms with Gasteiger partial charge in [-0.2, -0.15) is 10.4 Å². The molecule has 0 bridgehead atoms. The summed E-state index contributed by atoms with van der Waals surface area (Å²) in [6.45, 7) is 7.00. The number of piperidine rings is 1. The van der Waals surface area contributed by atoms with Gasteiger partial charge in [0.15, 0.2) is 5.13 Å². The molecule has 256 valence electrons. The van der Waals surface area contributed by atoms with Gasteiger partial charge in [0.05, 0.1) is 21.8 Å². The second kappa shape index (κ2) is 13.1. The molecular formula is C36H35FN8O4S. The third-order valence-electron chi connectivity index (χ3n) is 9.87. The third kappa shape index (κ3) is 6.09. The van der Waals surface area contributed by atoms with E-state index in [1.165, 1.54) is 47.7 Å². The number of amides is 1. The van der Waals surface area contributed by atoms with Crippen molar-refractivity contribution in [1.82, 2.24) is 19.5 Å². The fraction of sp³-hybridized carbons (Fsp3) is 0.333. The number of ether oxygens (including phenoxy) is 1. The average Bonchev–Trinajstić information content (AvgIpc) is 3.85. The maximum Gasteiger partial charge on any atom is 0.415 e. The fourth-order valence-electron chi connectivity index (χ4n) is 7.08. The molecule has 5 aromatic rings. The van der Waals surface area contributed by atoms with Gasteiger partial charge in [0.25, 0.3) is 5.69 Å². The number of pyridine rings is 1. The number of aromatic nitrogens is 3. The Labute approximate surface area is 292 Å². The number of carbonyl (C=O) groups is 1. The molecule has 3 aromatic heterocycles. The van der Waals surface area contributed by atoms with Crippen molar-refractivity contribution < 1.29 is 18.8 Å². The number of hydrogen-bond donors (Lipinski definition) is 0. The van der Waals surface area contributed by atoms with Gasteiger partial charge in [-0.3, -0.25) is 10.1 Å². The van der Waals surface area contributed by atoms with Gasteiger partial charge in [-0.1, -0.05) is 18.3 Å². The summed E-state index contributed by atoms with van der Waals surface area (Å²) >= 11 is 1.29. The van der Waals surface area contributed by atoms with Crippen molar-refractivity contribution in [2.24, 2.45) is 5.41 Å². The lowest BCUT2D eigenvalue weighted by molar-refractivity contribution is -0.384. The van der Waals surface area contributed by atoms with Gasteiger partial charge >= 0.3 is 6.09 Å². The molecule has 12 nitrogen and oxygen atoms in total. The highest BCUT2D eigenvalue weighted by molar-refractivity contribution is 7.16. The zero-order valence-corrected chi connectivity index (χ0v) is 28.7. The second-order valence-electron chi connectivity index (χ2n) is 12.9. The van der Waals surface area contributed by atoms with Crippen LogP contribution in [0.25, 0.3) is 16.8 Å². The van der Waals surface area contributed by atoms with Crippen LogP contribution < -0.4 is 14.5 Å². The van der Waals surface area contributed by atoms with Crippen LogP contribution >= 0.6 is 11.3 Å². The highest BCUT2D eigenvalue weighted by atomic mass is 32.1. The van der Waals surface area contributed by atoms with E-state index in [2.05, 4.69) is 30.0 Å². The van der Waals surface area contributed by atoms with Crippen LogP contribution in [-0.4, -0.2) is 63.7 Å². The quantitative estimate of drug-likeness (QED) is 0.125. The predicted octanol–water partition coefficient (Wildman–Crippen LogP) is 7.51. The van der Waals surface area contributed by atoms with Crippen molar-refractivity contribution in [3.05, 3.63) is 92.9 Å². The molecule has 2 aliphatic heterocycles. The molecule has 2 aromatic carbocycles. The van der Waals surface area contributed by atoms with Gasteiger partial charge < -0.3 is 19.4 Å². The van der Waals surface area contributed by atoms with Crippen LogP contribution in [0.5, 0.6) is 5.75 Å². The standard InChI is InChI=1S/C36H35FN8O4S/c1-4-29-33(41(3)34-39-32(31(21-38)50-34)24-5-7-25(37)8-6-24)30-20-27(19-23(2)44(30)40-29)42-16-13-36(14-17-42)15-18-43(22-36)35(46)49-28-11-9-26(10-12-28)45(47)48/h5-12,19-20H,4,13-18,22H2,1-3H3. The molecular weight excluding hydrogens is 660 g/mol. The number of likely N-dealkylation sites (tertiary alicyclic amines) is 1. The normalized spacial score (nSPS) is 15.4. The molecule has 5 heterocycles. The number of thiazole rings is 1. The summed E-state index contributed by atoms with van der Waals surface area (Å²) in [6.07, 6.45) is 3.01. The molecule has 0 N–H and O–H groups in total. The minimum Gasteiger partial charge on any atom is -0.410 e. The Kier molecular flexibility index (Phi) is 8.61. The molecule has 2 aliphatic rings. The summed E-state index contributed by atoms with van der Waals surface area (Å²) < 4.78 is 21.1. The van der Waals surface area contributed by atoms with Crippen LogP contribution in [0.1, 0.15) is 42.5 Å². The summed E-state index contributed by atoms with van der Waals surface area (Å²) in [4.78, 5) is 34.8. The lowest BCUT2D eigenvalue weighted by atomic mass is 9.77. The van der Waals surface area contributed by atoms with Gasteiger partial charge in [0.1, 0.15) is 28.2 Å². The molecule has 0 atom stereocenters. The highest BCUT2D eigenvalue weighted by Crippen LogP contribution is 2.43. The van der Waals surface area contributed by atoms with E-state index >= 15 is 0 Å². The fourth-order valence-corrected chi connectivity index (χ4v) is 7.93. The Balaban J connectivity index is 1.08. The van der Waals surface area contributed by atoms with Crippen molar-refractivity contribution in [2.75, 3.05) is 43.0 Å². The zero-order valence-electron chi connectivity index (χ0n) is 27.9. The van der Waals surface area contributed by atoms with E-state index in [9.17, 15) is 24.6 Å². The van der Waals surface area contributed by atoms with Crippen LogP contribution in [0.15, 0.2) is 60.7 Å². The van der Waals surface area contributed by atoms with E-state index in [4.69, 9.17) is 14.8 Å². The Hall–Kier alpha value is -5.55. The van der Waals surface area contributed by atoms with Crippen LogP contribution in [0, 0.1) is 39.6 Å². The first-order valence-corrected chi connectivity index (χ1v) is 17.3. The Morgan fingerprint density at radius 2 is 1.82 bits per heavy atom. The van der Waals surface area contributed by atoms with E-state index in [1.807, 2.05) is 23.4 Å². The largest absolute Gasteiger partial charge is 0.415 e. The van der Waals surface area contributed by atoms with Crippen LogP contribution in [0.4, 0.5) is 31.4 Å². The van der Waals surface area contributed by atoms with E-state index in [1.54, 1.807) is 17.0 Å². The lowest BCUT2D eigenvalue weighted by Crippen LogP contribution is -2.42. The first-order valence-electron chi connectivity index (χ1n) is 16.5. The van der Waals surface area contributed by atoms with Crippen molar-refractivity contribution >= 4 is 45.1 Å². The number of anilines is 3. The monoisotopic (exact) mass is 694 g/mol. The number of halogens is 1. The number of nitro benzene ring substituents is 1. The number of carbonyl (C=O) groups excluding carboxylic acids is 1. The van der Waals surface area contributed by atoms with Crippen molar-refractivity contribution in [3.8, 4) is 23.1 Å². The number of benzene rings is 2. The maximum absolute atomic E-state index is 13.6. The molecule has 50 heavy (non-hydrogen) atoms. The van der Waals surface area contributed by atoms with E-state index in [-0.39, 0.29) is 22.7 Å². The number of nitrogens with zero attached hydrogens (tertiary/aromatic N) is 8. The molecule has 14 heteroatoms. The summed E-state index contributed by atoms with van der Waals surface area (Å²) in [5.74, 6) is -0.0625. The van der Waals surface area contributed by atoms with Gasteiger partial charge in [0, 0.05) is 62.3 Å². The number of aryl methyl sites for hydroxylation is 2. The minimum atomic E-state index is -0.487. The smallest absolute Gasteiger partial charge is 0.410 e. The summed E-state index contributed by atoms with van der Waals surface area (Å²) in [6, 6.07) is 18.1. The van der Waals surface area contributed by atoms with Crippen molar-refractivity contribution in [2.45, 2.75) is 39.5 Å². The number of hydrogen-bond acceptors (Lipinski definition) is 10. The van der Waals surface area contributed by atoms with Crippen LogP contribution in [0.3, 0.4) is 0 Å². The average molecular weight is 695 g/mol. The molecule has 0 radical (unpaired) electrons. The van der Waals surface area contributed by atoms with E-state index in [0.717, 1.165) is 60.6 Å². The first kappa shape index (κ1) is 33.0. The number of rotatable bonds is 7. The number of fused-ring (bicyclic) bond motifs is 1. The van der Waals surface area contributed by atoms with Gasteiger partial charge in [-0.05, 0) is 86.6 Å². The highest BCUT2D eigenvalue weighted by Gasteiger charge is 2.43. The molecule has 0 saturated carbocycles. The maximum atomic E-state index is 13.6. The van der Waals surface area contributed by atoms with Gasteiger partial charge in [-0.15, -0.1) is 0 Å². The van der Waals surface area contributed by atoms with E-state index in [0.29, 0.717) is 40.8 Å². The Bertz CT molecular complexity index is 2130. The van der Waals surface area contributed by atoms with Crippen LogP contribution in [-0.2, 0) is 6.42 Å². The first-order chi connectivity index (χ1) is 24.1. The summed E-state index contributed by atoms with van der Waals surface area (Å²) in [7, 11) is 1.94. The molecule has 0 unspecified atom stereocenters. The number of nitro groups is 1. The second-order valence-corrected chi connectivity index (χ2v) is 13.9. The minimum absolute atomic E-state index is 0.00698. The van der Waals surface area contributed by atoms with E-state index < -0.39 is 11.0 Å². The molecule has 7 rings (SSSR count). The van der Waals surface area contributed by atoms with Crippen molar-refractivity contribution in [3.63, 3.8) is 0 Å². The molecule has 0 aliphatic carbocycles. The topological polar surface area (TPSA) is 133 Å². The van der Waals surface area contributed by atoms with Crippen molar-refractivity contribution in [1.29, 1.82) is 5.26 Å². The van der Waals surface area contributed by atoms with Gasteiger partial charge in [0.2, 0.25) is 0 Å². The molecule has 1 spiro atoms. The SMILES string of the molecule is CCc1nn2c(C)cc(N3CCC4(CCN(C(=O)Oc5ccc([N+](=O)[O-])cc5)C4)CC3)cc2c1N(C)c1nc(-c2ccc(F)cc2)c(C#N)s1. The summed E-state index contributed by atoms with van der Waals surface area (Å²) in [5, 5.41) is 26.5. The predicted molar refractivity (Wildman–Crippen MR) is 189 cm³/mol.